The minimum Gasteiger partial charge on any atom is -0.384 e. The van der Waals surface area contributed by atoms with Gasteiger partial charge in [-0.2, -0.15) is 0 Å². The lowest BCUT2D eigenvalue weighted by molar-refractivity contribution is -0.122. The Morgan fingerprint density at radius 3 is 2.85 bits per heavy atom. The first-order valence-electron chi connectivity index (χ1n) is 7.61. The molecule has 1 aliphatic heterocycles. The second-order valence-electron chi connectivity index (χ2n) is 5.96. The summed E-state index contributed by atoms with van der Waals surface area (Å²) in [7, 11) is 0. The highest BCUT2D eigenvalue weighted by Crippen LogP contribution is 2.28. The van der Waals surface area contributed by atoms with Crippen molar-refractivity contribution in [3.05, 3.63) is 29.3 Å². The highest BCUT2D eigenvalue weighted by molar-refractivity contribution is 5.76. The number of amides is 1. The summed E-state index contributed by atoms with van der Waals surface area (Å²) >= 11 is 0. The number of carbonyl (C=O) groups is 1. The minimum atomic E-state index is -0.131. The summed E-state index contributed by atoms with van der Waals surface area (Å²) in [5.41, 5.74) is 9.49. The van der Waals surface area contributed by atoms with Gasteiger partial charge in [-0.3, -0.25) is 4.79 Å². The van der Waals surface area contributed by atoms with Crippen molar-refractivity contribution in [2.45, 2.75) is 44.7 Å². The Labute approximate surface area is 120 Å². The van der Waals surface area contributed by atoms with Gasteiger partial charge < -0.3 is 16.4 Å². The van der Waals surface area contributed by atoms with Crippen molar-refractivity contribution < 1.29 is 4.79 Å². The molecule has 0 saturated heterocycles. The molecule has 3 rings (SSSR count). The van der Waals surface area contributed by atoms with Crippen LogP contribution in [0.1, 0.15) is 36.8 Å². The van der Waals surface area contributed by atoms with Gasteiger partial charge in [-0.1, -0.05) is 18.2 Å². The molecule has 1 heterocycles. The summed E-state index contributed by atoms with van der Waals surface area (Å²) in [5, 5.41) is 7.11. The fraction of sp³-hybridized carbons (Fsp3) is 0.562. The van der Waals surface area contributed by atoms with Gasteiger partial charge in [-0.25, -0.2) is 0 Å². The van der Waals surface area contributed by atoms with E-state index in [0.717, 1.165) is 45.2 Å². The van der Waals surface area contributed by atoms with Crippen LogP contribution in [-0.2, 0) is 17.8 Å². The number of primary amides is 1. The van der Waals surface area contributed by atoms with Crippen molar-refractivity contribution in [1.82, 2.24) is 5.32 Å². The number of rotatable bonds is 4. The molecule has 0 bridgehead atoms. The van der Waals surface area contributed by atoms with E-state index in [0.29, 0.717) is 6.04 Å². The molecule has 4 heteroatoms. The topological polar surface area (TPSA) is 67.2 Å². The van der Waals surface area contributed by atoms with Crippen molar-refractivity contribution in [2.24, 2.45) is 11.7 Å². The van der Waals surface area contributed by atoms with E-state index in [2.05, 4.69) is 28.8 Å². The standard InChI is InChI=1S/C16H23N3O/c17-16(20)12-4-6-14(7-5-12)19-10-13-3-1-2-11-8-9-18-15(11)13/h1-3,12,14,18-19H,4-10H2,(H2,17,20). The number of hydrogen-bond donors (Lipinski definition) is 3. The number of anilines is 1. The van der Waals surface area contributed by atoms with Crippen LogP contribution in [0.15, 0.2) is 18.2 Å². The van der Waals surface area contributed by atoms with Crippen molar-refractivity contribution in [2.75, 3.05) is 11.9 Å². The summed E-state index contributed by atoms with van der Waals surface area (Å²) < 4.78 is 0. The second kappa shape index (κ2) is 5.83. The molecule has 4 nitrogen and oxygen atoms in total. The summed E-state index contributed by atoms with van der Waals surface area (Å²) in [6, 6.07) is 7.06. The molecular weight excluding hydrogens is 250 g/mol. The Morgan fingerprint density at radius 2 is 2.10 bits per heavy atom. The third kappa shape index (κ3) is 2.80. The van der Waals surface area contributed by atoms with E-state index in [1.165, 1.54) is 16.8 Å². The van der Waals surface area contributed by atoms with Gasteiger partial charge in [-0.05, 0) is 43.2 Å². The van der Waals surface area contributed by atoms with Crippen LogP contribution in [0, 0.1) is 5.92 Å². The number of benzene rings is 1. The molecule has 1 fully saturated rings. The molecule has 1 aliphatic carbocycles. The van der Waals surface area contributed by atoms with Gasteiger partial charge in [0.1, 0.15) is 0 Å². The van der Waals surface area contributed by atoms with Crippen LogP contribution >= 0.6 is 0 Å². The van der Waals surface area contributed by atoms with Gasteiger partial charge in [0.25, 0.3) is 0 Å². The maximum absolute atomic E-state index is 11.2. The first-order valence-corrected chi connectivity index (χ1v) is 7.61. The number of para-hydroxylation sites is 1. The van der Waals surface area contributed by atoms with E-state index in [-0.39, 0.29) is 11.8 Å². The van der Waals surface area contributed by atoms with Crippen molar-refractivity contribution in [3.8, 4) is 0 Å². The van der Waals surface area contributed by atoms with Gasteiger partial charge in [-0.15, -0.1) is 0 Å². The summed E-state index contributed by atoms with van der Waals surface area (Å²) in [6.45, 7) is 1.96. The zero-order valence-electron chi connectivity index (χ0n) is 11.8. The molecule has 1 amide bonds. The van der Waals surface area contributed by atoms with Crippen molar-refractivity contribution >= 4 is 11.6 Å². The predicted octanol–water partition coefficient (Wildman–Crippen LogP) is 1.79. The highest BCUT2D eigenvalue weighted by atomic mass is 16.1. The average molecular weight is 273 g/mol. The molecule has 2 aliphatic rings. The Kier molecular flexibility index (Phi) is 3.92. The Morgan fingerprint density at radius 1 is 1.30 bits per heavy atom. The molecule has 0 unspecified atom stereocenters. The van der Waals surface area contributed by atoms with E-state index in [1.54, 1.807) is 0 Å². The largest absolute Gasteiger partial charge is 0.384 e. The van der Waals surface area contributed by atoms with Gasteiger partial charge in [0.2, 0.25) is 5.91 Å². The number of carbonyl (C=O) groups excluding carboxylic acids is 1. The monoisotopic (exact) mass is 273 g/mol. The molecule has 0 atom stereocenters. The normalized spacial score (nSPS) is 25.0. The molecule has 1 aromatic carbocycles. The van der Waals surface area contributed by atoms with Crippen LogP contribution in [0.2, 0.25) is 0 Å². The Balaban J connectivity index is 1.54. The van der Waals surface area contributed by atoms with E-state index in [4.69, 9.17) is 5.73 Å². The lowest BCUT2D eigenvalue weighted by Gasteiger charge is -2.27. The van der Waals surface area contributed by atoms with Crippen LogP contribution in [-0.4, -0.2) is 18.5 Å². The molecular formula is C16H23N3O. The molecule has 4 N–H and O–H groups in total. The lowest BCUT2D eigenvalue weighted by Crippen LogP contribution is -2.36. The maximum atomic E-state index is 11.2. The van der Waals surface area contributed by atoms with Crippen molar-refractivity contribution in [3.63, 3.8) is 0 Å². The zero-order valence-corrected chi connectivity index (χ0v) is 11.8. The molecule has 0 spiro atoms. The first-order chi connectivity index (χ1) is 9.74. The summed E-state index contributed by atoms with van der Waals surface area (Å²) in [6.07, 6.45) is 5.09. The van der Waals surface area contributed by atoms with Crippen LogP contribution < -0.4 is 16.4 Å². The van der Waals surface area contributed by atoms with Crippen LogP contribution in [0.25, 0.3) is 0 Å². The summed E-state index contributed by atoms with van der Waals surface area (Å²) in [4.78, 5) is 11.2. The Bertz CT molecular complexity index is 492. The molecule has 1 saturated carbocycles. The van der Waals surface area contributed by atoms with Gasteiger partial charge in [0.15, 0.2) is 0 Å². The third-order valence-corrected chi connectivity index (χ3v) is 4.64. The highest BCUT2D eigenvalue weighted by Gasteiger charge is 2.24. The van der Waals surface area contributed by atoms with Crippen molar-refractivity contribution in [1.29, 1.82) is 0 Å². The smallest absolute Gasteiger partial charge is 0.220 e. The van der Waals surface area contributed by atoms with Crippen LogP contribution in [0.5, 0.6) is 0 Å². The summed E-state index contributed by atoms with van der Waals surface area (Å²) in [5.74, 6) is -0.0378. The quantitative estimate of drug-likeness (QED) is 0.783. The first kappa shape index (κ1) is 13.4. The van der Waals surface area contributed by atoms with Gasteiger partial charge >= 0.3 is 0 Å². The maximum Gasteiger partial charge on any atom is 0.220 e. The zero-order chi connectivity index (χ0) is 13.9. The predicted molar refractivity (Wildman–Crippen MR) is 80.4 cm³/mol. The van der Waals surface area contributed by atoms with Crippen LogP contribution in [0.4, 0.5) is 5.69 Å². The van der Waals surface area contributed by atoms with Gasteiger partial charge in [0, 0.05) is 30.7 Å². The Hall–Kier alpha value is -1.55. The molecule has 108 valence electrons. The van der Waals surface area contributed by atoms with E-state index >= 15 is 0 Å². The SMILES string of the molecule is NC(=O)C1CCC(NCc2cccc3c2NCC3)CC1. The minimum absolute atomic E-state index is 0.0932. The molecule has 0 radical (unpaired) electrons. The number of nitrogens with two attached hydrogens (primary N) is 1. The fourth-order valence-corrected chi connectivity index (χ4v) is 3.39. The average Bonchev–Trinajstić information content (AvgIpc) is 2.94. The van der Waals surface area contributed by atoms with Crippen LogP contribution in [0.3, 0.4) is 0 Å². The lowest BCUT2D eigenvalue weighted by atomic mass is 9.85. The van der Waals surface area contributed by atoms with Gasteiger partial charge in [0.05, 0.1) is 0 Å². The second-order valence-corrected chi connectivity index (χ2v) is 5.96. The molecule has 20 heavy (non-hydrogen) atoms. The molecule has 0 aromatic heterocycles. The van der Waals surface area contributed by atoms with E-state index < -0.39 is 0 Å². The molecule has 1 aromatic rings. The van der Waals surface area contributed by atoms with E-state index in [1.807, 2.05) is 0 Å². The van der Waals surface area contributed by atoms with E-state index in [9.17, 15) is 4.79 Å². The number of fused-ring (bicyclic) bond motifs is 1. The number of nitrogens with one attached hydrogen (secondary N) is 2. The fourth-order valence-electron chi connectivity index (χ4n) is 3.39. The number of hydrogen-bond acceptors (Lipinski definition) is 3. The third-order valence-electron chi connectivity index (χ3n) is 4.64.